The van der Waals surface area contributed by atoms with Crippen LogP contribution in [-0.2, 0) is 5.41 Å². The molecule has 2 aromatic rings. The minimum absolute atomic E-state index is 0. The maximum atomic E-state index is 13.0. The predicted octanol–water partition coefficient (Wildman–Crippen LogP) is 5.19. The third-order valence-corrected chi connectivity index (χ3v) is 5.75. The second-order valence-corrected chi connectivity index (χ2v) is 9.58. The van der Waals surface area contributed by atoms with Gasteiger partial charge in [0.25, 0.3) is 0 Å². The van der Waals surface area contributed by atoms with Gasteiger partial charge in [-0.2, -0.15) is 0 Å². The molecule has 0 radical (unpaired) electrons. The summed E-state index contributed by atoms with van der Waals surface area (Å²) in [6, 6.07) is 10.3. The summed E-state index contributed by atoms with van der Waals surface area (Å²) >= 11 is 0. The van der Waals surface area contributed by atoms with Gasteiger partial charge < -0.3 is 4.74 Å². The van der Waals surface area contributed by atoms with E-state index in [0.29, 0.717) is 0 Å². The van der Waals surface area contributed by atoms with Crippen LogP contribution in [0.15, 0.2) is 30.3 Å². The van der Waals surface area contributed by atoms with E-state index in [0.717, 1.165) is 33.3 Å². The number of ether oxygens (including phenoxy) is 1. The second-order valence-electron chi connectivity index (χ2n) is 8.33. The van der Waals surface area contributed by atoms with E-state index < -0.39 is 0 Å². The van der Waals surface area contributed by atoms with Crippen molar-refractivity contribution in [1.29, 1.82) is 0 Å². The zero-order chi connectivity index (χ0) is 19.6. The molecular formula is C23H32LiO2P. The topological polar surface area (TPSA) is 26.3 Å². The summed E-state index contributed by atoms with van der Waals surface area (Å²) in [5, 5.41) is 1.09. The number of benzene rings is 2. The molecule has 142 valence electrons. The Morgan fingerprint density at radius 2 is 1.52 bits per heavy atom. The zero-order valence-electron chi connectivity index (χ0n) is 17.3. The van der Waals surface area contributed by atoms with Gasteiger partial charge in [0.2, 0.25) is 0 Å². The molecule has 0 aliphatic rings. The third kappa shape index (κ3) is 6.22. The van der Waals surface area contributed by atoms with E-state index in [2.05, 4.69) is 32.9 Å². The molecule has 0 saturated heterocycles. The van der Waals surface area contributed by atoms with Crippen molar-refractivity contribution in [3.63, 3.8) is 0 Å². The second kappa shape index (κ2) is 9.42. The van der Waals surface area contributed by atoms with Crippen LogP contribution in [0.1, 0.15) is 67.2 Å². The van der Waals surface area contributed by atoms with Gasteiger partial charge in [0.1, 0.15) is 5.75 Å². The average molecular weight is 378 g/mol. The van der Waals surface area contributed by atoms with Crippen molar-refractivity contribution in [3.05, 3.63) is 58.1 Å². The van der Waals surface area contributed by atoms with Gasteiger partial charge in [-0.1, -0.05) is 39.0 Å². The van der Waals surface area contributed by atoms with Crippen LogP contribution < -0.4 is 10.0 Å². The van der Waals surface area contributed by atoms with E-state index in [1.54, 1.807) is 0 Å². The van der Waals surface area contributed by atoms with Gasteiger partial charge in [0.05, 0.1) is 6.10 Å². The number of hydrogen-bond donors (Lipinski definition) is 0. The first kappa shape index (κ1) is 24.0. The SMILES string of the molecule is Cc1cc(OC(C)C)ccc1PC(=O)c1c(C)cc(C(C)(C)C)cc1C.[LiH]. The summed E-state index contributed by atoms with van der Waals surface area (Å²) in [6.07, 6.45) is 0.149. The Balaban J connectivity index is 0.00000364. The van der Waals surface area contributed by atoms with Crippen molar-refractivity contribution >= 4 is 38.3 Å². The number of carbonyl (C=O) groups excluding carboxylic acids is 1. The van der Waals surface area contributed by atoms with E-state index in [9.17, 15) is 4.79 Å². The normalized spacial score (nSPS) is 11.7. The first-order chi connectivity index (χ1) is 12.0. The van der Waals surface area contributed by atoms with Gasteiger partial charge in [0, 0.05) is 5.56 Å². The molecule has 0 aromatic heterocycles. The van der Waals surface area contributed by atoms with Crippen molar-refractivity contribution in [2.24, 2.45) is 0 Å². The quantitative estimate of drug-likeness (QED) is 0.529. The number of rotatable bonds is 5. The summed E-state index contributed by atoms with van der Waals surface area (Å²) in [6.45, 7) is 16.8. The van der Waals surface area contributed by atoms with Gasteiger partial charge in [-0.3, -0.25) is 4.79 Å². The summed E-state index contributed by atoms with van der Waals surface area (Å²) in [7, 11) is 0.129. The molecule has 0 spiro atoms. The number of hydrogen-bond acceptors (Lipinski definition) is 2. The van der Waals surface area contributed by atoms with Gasteiger partial charge in [-0.05, 0) is 88.3 Å². The van der Waals surface area contributed by atoms with Crippen LogP contribution in [0.5, 0.6) is 5.75 Å². The van der Waals surface area contributed by atoms with Crippen LogP contribution >= 0.6 is 8.58 Å². The molecule has 0 fully saturated rings. The van der Waals surface area contributed by atoms with E-state index in [1.807, 2.05) is 52.8 Å². The molecule has 0 N–H and O–H groups in total. The minimum atomic E-state index is 0. The fourth-order valence-electron chi connectivity index (χ4n) is 3.06. The zero-order valence-corrected chi connectivity index (χ0v) is 18.3. The Kier molecular flexibility index (Phi) is 8.37. The van der Waals surface area contributed by atoms with Gasteiger partial charge in [0.15, 0.2) is 5.52 Å². The Hall–Kier alpha value is -1.06. The fraction of sp³-hybridized carbons (Fsp3) is 0.435. The van der Waals surface area contributed by atoms with Gasteiger partial charge >= 0.3 is 18.9 Å². The molecular weight excluding hydrogens is 346 g/mol. The number of aryl methyl sites for hydroxylation is 3. The van der Waals surface area contributed by atoms with Crippen molar-refractivity contribution in [2.45, 2.75) is 66.9 Å². The van der Waals surface area contributed by atoms with Crippen molar-refractivity contribution < 1.29 is 9.53 Å². The summed E-state index contributed by atoms with van der Waals surface area (Å²) in [5.74, 6) is 0.861. The predicted molar refractivity (Wildman–Crippen MR) is 121 cm³/mol. The van der Waals surface area contributed by atoms with E-state index in [1.165, 1.54) is 5.56 Å². The molecule has 1 unspecified atom stereocenters. The van der Waals surface area contributed by atoms with E-state index in [-0.39, 0.29) is 44.5 Å². The molecule has 0 amide bonds. The molecule has 2 rings (SSSR count). The third-order valence-electron chi connectivity index (χ3n) is 4.44. The molecule has 0 heterocycles. The summed E-state index contributed by atoms with van der Waals surface area (Å²) in [4.78, 5) is 13.0. The fourth-order valence-corrected chi connectivity index (χ4v) is 4.26. The van der Waals surface area contributed by atoms with Crippen LogP contribution in [0.3, 0.4) is 0 Å². The van der Waals surface area contributed by atoms with E-state index in [4.69, 9.17) is 4.74 Å². The average Bonchev–Trinajstić information content (AvgIpc) is 2.47. The number of carbonyl (C=O) groups is 1. The molecule has 0 aliphatic carbocycles. The van der Waals surface area contributed by atoms with Gasteiger partial charge in [-0.15, -0.1) is 0 Å². The molecule has 0 aliphatic heterocycles. The van der Waals surface area contributed by atoms with Crippen molar-refractivity contribution in [1.82, 2.24) is 0 Å². The molecule has 2 aromatic carbocycles. The van der Waals surface area contributed by atoms with Crippen LogP contribution in [0.4, 0.5) is 0 Å². The first-order valence-corrected chi connectivity index (χ1v) is 10.2. The van der Waals surface area contributed by atoms with Crippen molar-refractivity contribution in [3.8, 4) is 5.75 Å². The van der Waals surface area contributed by atoms with Crippen LogP contribution in [0, 0.1) is 20.8 Å². The van der Waals surface area contributed by atoms with E-state index >= 15 is 0 Å². The Labute approximate surface area is 178 Å². The van der Waals surface area contributed by atoms with Crippen LogP contribution in [0.25, 0.3) is 0 Å². The van der Waals surface area contributed by atoms with Crippen molar-refractivity contribution in [2.75, 3.05) is 0 Å². The summed E-state index contributed by atoms with van der Waals surface area (Å²) in [5.41, 5.74) is 5.70. The molecule has 1 atom stereocenters. The van der Waals surface area contributed by atoms with Crippen LogP contribution in [-0.4, -0.2) is 30.5 Å². The molecule has 4 heteroatoms. The monoisotopic (exact) mass is 378 g/mol. The molecule has 2 nitrogen and oxygen atoms in total. The Morgan fingerprint density at radius 1 is 0.963 bits per heavy atom. The molecule has 0 bridgehead atoms. The van der Waals surface area contributed by atoms with Gasteiger partial charge in [-0.25, -0.2) is 0 Å². The Morgan fingerprint density at radius 3 is 1.96 bits per heavy atom. The standard InChI is InChI=1S/C23H31O2P.Li.H/c1-14(2)25-19-9-10-20(15(3)13-19)26-22(24)21-16(4)11-18(12-17(21)5)23(6,7)8;;/h9-14,26H,1-8H3;;. The first-order valence-electron chi connectivity index (χ1n) is 9.19. The van der Waals surface area contributed by atoms with Crippen LogP contribution in [0.2, 0.25) is 0 Å². The Bertz CT molecular complexity index is 797. The maximum absolute atomic E-state index is 13.0. The summed E-state index contributed by atoms with van der Waals surface area (Å²) < 4.78 is 5.74. The molecule has 27 heavy (non-hydrogen) atoms. The molecule has 0 saturated carbocycles.